The molecule has 0 aromatic carbocycles. The van der Waals surface area contributed by atoms with E-state index < -0.39 is 43.5 Å². The molecule has 0 rings (SSSR count). The van der Waals surface area contributed by atoms with Crippen LogP contribution in [-0.2, 0) is 9.47 Å². The number of rotatable bonds is 12. The number of alkyl halides is 12. The predicted molar refractivity (Wildman–Crippen MR) is 70.0 cm³/mol. The van der Waals surface area contributed by atoms with Crippen molar-refractivity contribution in [2.75, 3.05) is 18.5 Å². The molecule has 0 unspecified atom stereocenters. The fourth-order valence-electron chi connectivity index (χ4n) is 1.49. The Morgan fingerprint density at radius 1 is 0.654 bits per heavy atom. The quantitative estimate of drug-likeness (QED) is 0.195. The largest absolute Gasteiger partial charge is 0.460 e. The van der Waals surface area contributed by atoms with E-state index in [4.69, 9.17) is 0 Å². The highest BCUT2D eigenvalue weighted by Crippen LogP contribution is 2.54. The minimum Gasteiger partial charge on any atom is -0.372 e. The van der Waals surface area contributed by atoms with E-state index in [0.717, 1.165) is 6.42 Å². The Labute approximate surface area is 149 Å². The highest BCUT2D eigenvalue weighted by atomic mass is 79.9. The normalized spacial score (nSPS) is 14.8. The molecule has 0 bridgehead atoms. The van der Waals surface area contributed by atoms with E-state index in [9.17, 15) is 48.3 Å². The standard InChI is InChI=1S/C12H14BrF11O2/c13-5-3-1-2-4-6-25-7-8(14,15)26-12(23,24)10(18,19)9(16,17)11(20,21)22/h1-7H2. The third-order valence-electron chi connectivity index (χ3n) is 2.84. The highest BCUT2D eigenvalue weighted by molar-refractivity contribution is 9.09. The van der Waals surface area contributed by atoms with Crippen molar-refractivity contribution < 1.29 is 57.8 Å². The molecule has 0 aliphatic rings. The molecule has 0 atom stereocenters. The van der Waals surface area contributed by atoms with Gasteiger partial charge in [-0.2, -0.15) is 48.3 Å². The van der Waals surface area contributed by atoms with Crippen LogP contribution in [0.3, 0.4) is 0 Å². The summed E-state index contributed by atoms with van der Waals surface area (Å²) >= 11 is 3.13. The highest BCUT2D eigenvalue weighted by Gasteiger charge is 2.83. The molecule has 0 spiro atoms. The molecule has 0 aromatic rings. The molecule has 0 saturated heterocycles. The lowest BCUT2D eigenvalue weighted by Crippen LogP contribution is -2.63. The van der Waals surface area contributed by atoms with Gasteiger partial charge in [0.25, 0.3) is 0 Å². The maximum absolute atomic E-state index is 13.1. The Balaban J connectivity index is 4.79. The van der Waals surface area contributed by atoms with E-state index in [1.807, 2.05) is 0 Å². The fraction of sp³-hybridized carbons (Fsp3) is 1.00. The first-order valence-electron chi connectivity index (χ1n) is 6.94. The van der Waals surface area contributed by atoms with Crippen molar-refractivity contribution in [3.8, 4) is 0 Å². The number of unbranched alkanes of at least 4 members (excludes halogenated alkanes) is 3. The van der Waals surface area contributed by atoms with Crippen LogP contribution in [-0.4, -0.2) is 48.8 Å². The minimum atomic E-state index is -7.31. The van der Waals surface area contributed by atoms with Crippen LogP contribution in [0, 0.1) is 0 Å². The minimum absolute atomic E-state index is 0.196. The van der Waals surface area contributed by atoms with Crippen LogP contribution < -0.4 is 0 Å². The van der Waals surface area contributed by atoms with Gasteiger partial charge in [0.15, 0.2) is 0 Å². The van der Waals surface area contributed by atoms with Crippen molar-refractivity contribution in [2.45, 2.75) is 55.9 Å². The maximum atomic E-state index is 13.1. The van der Waals surface area contributed by atoms with Gasteiger partial charge in [0.2, 0.25) is 0 Å². The zero-order chi connectivity index (χ0) is 20.9. The van der Waals surface area contributed by atoms with Gasteiger partial charge >= 0.3 is 30.2 Å². The SMILES string of the molecule is FC(F)(COCCCCCCBr)OC(F)(F)C(F)(F)C(F)(F)C(F)(F)F. The smallest absolute Gasteiger partial charge is 0.372 e. The van der Waals surface area contributed by atoms with Crippen LogP contribution in [0.5, 0.6) is 0 Å². The van der Waals surface area contributed by atoms with Gasteiger partial charge in [0, 0.05) is 11.9 Å². The molecule has 0 fully saturated rings. The van der Waals surface area contributed by atoms with E-state index >= 15 is 0 Å². The number of hydrogen-bond donors (Lipinski definition) is 0. The average Bonchev–Trinajstić information content (AvgIpc) is 2.43. The van der Waals surface area contributed by atoms with Crippen molar-refractivity contribution in [3.05, 3.63) is 0 Å². The number of halogens is 12. The van der Waals surface area contributed by atoms with Gasteiger partial charge in [-0.1, -0.05) is 28.8 Å². The van der Waals surface area contributed by atoms with Crippen LogP contribution in [0.2, 0.25) is 0 Å². The molecule has 0 N–H and O–H groups in total. The van der Waals surface area contributed by atoms with Gasteiger partial charge < -0.3 is 4.74 Å². The zero-order valence-electron chi connectivity index (χ0n) is 12.8. The van der Waals surface area contributed by atoms with E-state index in [1.165, 1.54) is 0 Å². The Bertz CT molecular complexity index is 426. The fourth-order valence-corrected chi connectivity index (χ4v) is 1.88. The van der Waals surface area contributed by atoms with E-state index in [1.54, 1.807) is 0 Å². The van der Waals surface area contributed by atoms with E-state index in [0.29, 0.717) is 18.2 Å². The summed E-state index contributed by atoms with van der Waals surface area (Å²) in [5.74, 6) is -14.6. The second kappa shape index (κ2) is 9.22. The number of hydrogen-bond acceptors (Lipinski definition) is 2. The summed E-state index contributed by atoms with van der Waals surface area (Å²) in [6, 6.07) is 0. The van der Waals surface area contributed by atoms with Crippen molar-refractivity contribution in [3.63, 3.8) is 0 Å². The number of ether oxygens (including phenoxy) is 2. The topological polar surface area (TPSA) is 18.5 Å². The molecule has 0 aromatic heterocycles. The van der Waals surface area contributed by atoms with Crippen molar-refractivity contribution in [2.24, 2.45) is 0 Å². The van der Waals surface area contributed by atoms with Crippen LogP contribution in [0.15, 0.2) is 0 Å². The van der Waals surface area contributed by atoms with Crippen molar-refractivity contribution >= 4 is 15.9 Å². The van der Waals surface area contributed by atoms with E-state index in [2.05, 4.69) is 25.4 Å². The van der Waals surface area contributed by atoms with Gasteiger partial charge in [0.1, 0.15) is 6.61 Å². The lowest BCUT2D eigenvalue weighted by atomic mass is 10.1. The molecule has 0 aliphatic carbocycles. The molecule has 2 nitrogen and oxygen atoms in total. The van der Waals surface area contributed by atoms with Crippen LogP contribution in [0.25, 0.3) is 0 Å². The monoisotopic (exact) mass is 478 g/mol. The summed E-state index contributed by atoms with van der Waals surface area (Å²) < 4.78 is 145. The maximum Gasteiger partial charge on any atom is 0.460 e. The Morgan fingerprint density at radius 2 is 1.15 bits per heavy atom. The Morgan fingerprint density at radius 3 is 1.62 bits per heavy atom. The van der Waals surface area contributed by atoms with Crippen molar-refractivity contribution in [1.82, 2.24) is 0 Å². The third-order valence-corrected chi connectivity index (χ3v) is 3.40. The molecule has 0 saturated carbocycles. The van der Waals surface area contributed by atoms with Crippen molar-refractivity contribution in [1.29, 1.82) is 0 Å². The molecule has 26 heavy (non-hydrogen) atoms. The molecule has 0 aliphatic heterocycles. The third kappa shape index (κ3) is 6.66. The Hall–Kier alpha value is -0.370. The molecular weight excluding hydrogens is 465 g/mol. The van der Waals surface area contributed by atoms with E-state index in [-0.39, 0.29) is 6.42 Å². The van der Waals surface area contributed by atoms with Gasteiger partial charge in [-0.05, 0) is 12.8 Å². The van der Waals surface area contributed by atoms with Crippen LogP contribution in [0.4, 0.5) is 48.3 Å². The van der Waals surface area contributed by atoms with Gasteiger partial charge in [-0.3, -0.25) is 0 Å². The summed E-state index contributed by atoms with van der Waals surface area (Å²) in [6.45, 7) is -2.45. The first-order chi connectivity index (χ1) is 11.5. The van der Waals surface area contributed by atoms with Gasteiger partial charge in [-0.15, -0.1) is 0 Å². The lowest BCUT2D eigenvalue weighted by molar-refractivity contribution is -0.484. The van der Waals surface area contributed by atoms with Crippen LogP contribution in [0.1, 0.15) is 25.7 Å². The summed E-state index contributed by atoms with van der Waals surface area (Å²) in [4.78, 5) is 0. The summed E-state index contributed by atoms with van der Waals surface area (Å²) in [5.41, 5.74) is 0. The summed E-state index contributed by atoms with van der Waals surface area (Å²) in [7, 11) is 0. The molecular formula is C12H14BrF11O2. The molecule has 0 radical (unpaired) electrons. The molecule has 14 heteroatoms. The second-order valence-corrected chi connectivity index (χ2v) is 5.85. The van der Waals surface area contributed by atoms with Gasteiger partial charge in [0.05, 0.1) is 0 Å². The second-order valence-electron chi connectivity index (χ2n) is 5.06. The molecule has 0 amide bonds. The van der Waals surface area contributed by atoms with Gasteiger partial charge in [-0.25, -0.2) is 4.74 Å². The first kappa shape index (κ1) is 25.6. The molecule has 158 valence electrons. The van der Waals surface area contributed by atoms with Crippen LogP contribution >= 0.6 is 15.9 Å². The molecule has 0 heterocycles. The average molecular weight is 479 g/mol. The predicted octanol–water partition coefficient (Wildman–Crippen LogP) is 5.99. The summed E-state index contributed by atoms with van der Waals surface area (Å²) in [5, 5.41) is 0.686. The first-order valence-corrected chi connectivity index (χ1v) is 8.06. The Kier molecular flexibility index (Phi) is 9.08. The summed E-state index contributed by atoms with van der Waals surface area (Å²) in [6.07, 6.45) is -17.0. The lowest BCUT2D eigenvalue weighted by Gasteiger charge is -2.34. The zero-order valence-corrected chi connectivity index (χ0v) is 14.4.